The summed E-state index contributed by atoms with van der Waals surface area (Å²) in [7, 11) is 1.59. The van der Waals surface area contributed by atoms with Crippen molar-refractivity contribution in [3.05, 3.63) is 81.4 Å². The van der Waals surface area contributed by atoms with E-state index in [2.05, 4.69) is 25.8 Å². The van der Waals surface area contributed by atoms with Gasteiger partial charge in [0.25, 0.3) is 0 Å². The van der Waals surface area contributed by atoms with E-state index in [-0.39, 0.29) is 11.9 Å². The lowest BCUT2D eigenvalue weighted by Crippen LogP contribution is -2.35. The van der Waals surface area contributed by atoms with Crippen LogP contribution in [0.15, 0.2) is 60.8 Å². The molecule has 0 unspecified atom stereocenters. The minimum absolute atomic E-state index is 0.0920. The average Bonchev–Trinajstić information content (AvgIpc) is 3.75. The second kappa shape index (κ2) is 15.7. The highest BCUT2D eigenvalue weighted by molar-refractivity contribution is 7.18. The molecule has 14 heteroatoms. The molecule has 7 rings (SSSR count). The first-order chi connectivity index (χ1) is 24.8. The van der Waals surface area contributed by atoms with E-state index in [1.165, 1.54) is 0 Å². The summed E-state index contributed by atoms with van der Waals surface area (Å²) in [6.07, 6.45) is 1.86. The third kappa shape index (κ3) is 7.95. The molecule has 0 radical (unpaired) electrons. The molecule has 0 aliphatic carbocycles. The van der Waals surface area contributed by atoms with E-state index in [0.29, 0.717) is 85.1 Å². The number of aromatic nitrogens is 3. The van der Waals surface area contributed by atoms with Crippen LogP contribution in [0.3, 0.4) is 0 Å². The number of nitrogens with zero attached hydrogens (tertiary/aromatic N) is 4. The van der Waals surface area contributed by atoms with Crippen LogP contribution in [0, 0.1) is 5.92 Å². The number of fused-ring (bicyclic) bond motifs is 1. The monoisotopic (exact) mass is 751 g/mol. The van der Waals surface area contributed by atoms with Crippen molar-refractivity contribution >= 4 is 62.2 Å². The van der Waals surface area contributed by atoms with Gasteiger partial charge in [0.2, 0.25) is 18.2 Å². The molecule has 3 aromatic heterocycles. The maximum Gasteiger partial charge on any atom is 0.241 e. The fraction of sp³-hybridized carbons (Fsp3) is 0.351. The highest BCUT2D eigenvalue weighted by atomic mass is 35.5. The Balaban J connectivity index is 1.09. The topological polar surface area (TPSA) is 104 Å². The molecule has 266 valence electrons. The van der Waals surface area contributed by atoms with Crippen LogP contribution in [0.1, 0.15) is 36.3 Å². The molecule has 2 aliphatic heterocycles. The van der Waals surface area contributed by atoms with Gasteiger partial charge in [0, 0.05) is 59.9 Å². The number of nitrogens with one attached hydrogen (secondary N) is 3. The van der Waals surface area contributed by atoms with Crippen LogP contribution in [0.5, 0.6) is 5.88 Å². The Bertz CT molecular complexity index is 2040. The first kappa shape index (κ1) is 35.5. The van der Waals surface area contributed by atoms with Gasteiger partial charge < -0.3 is 20.7 Å². The van der Waals surface area contributed by atoms with Crippen LogP contribution in [0.25, 0.3) is 32.6 Å². The Labute approximate surface area is 308 Å². The summed E-state index contributed by atoms with van der Waals surface area (Å²) in [6.45, 7) is 3.09. The van der Waals surface area contributed by atoms with Crippen LogP contribution >= 0.6 is 34.5 Å². The van der Waals surface area contributed by atoms with Gasteiger partial charge in [-0.05, 0) is 50.6 Å². The van der Waals surface area contributed by atoms with Gasteiger partial charge in [-0.25, -0.2) is 23.7 Å². The lowest BCUT2D eigenvalue weighted by Gasteiger charge is -2.30. The Morgan fingerprint density at radius 3 is 2.51 bits per heavy atom. The van der Waals surface area contributed by atoms with Crippen molar-refractivity contribution in [2.24, 2.45) is 5.92 Å². The van der Waals surface area contributed by atoms with Crippen LogP contribution in [-0.4, -0.2) is 65.0 Å². The van der Waals surface area contributed by atoms with E-state index in [4.69, 9.17) is 37.9 Å². The first-order valence-electron chi connectivity index (χ1n) is 16.9. The summed E-state index contributed by atoms with van der Waals surface area (Å²) in [5.74, 6) is 0.636. The number of amides is 1. The zero-order valence-electron chi connectivity index (χ0n) is 27.9. The standard InChI is InChI=1S/C37H37Cl2F2N7O2S/c1-50-37-22(18-42-19-23-9-11-30(49)44-23)8-10-27(46-37)26-6-2-4-24(32(26)38)25-5-3-7-28(33(25)39)45-36-34-29(12-15-43-36)51-31(47-34)20-48-16-13-21(14-17-48)35(40)41/h2-8,10,12,15,21,23,35,42H,9,11,13-14,16-20H2,1H3,(H,43,45)(H,44,49)/t23-/m0/s1. The summed E-state index contributed by atoms with van der Waals surface area (Å²) in [5.41, 5.74) is 5.13. The zero-order valence-corrected chi connectivity index (χ0v) is 30.2. The van der Waals surface area contributed by atoms with Gasteiger partial charge in [0.1, 0.15) is 10.5 Å². The molecule has 0 saturated carbocycles. The molecule has 2 fully saturated rings. The van der Waals surface area contributed by atoms with Crippen molar-refractivity contribution in [3.8, 4) is 28.3 Å². The fourth-order valence-corrected chi connectivity index (χ4v) is 8.26. The van der Waals surface area contributed by atoms with Gasteiger partial charge >= 0.3 is 0 Å². The number of thiazole rings is 1. The lowest BCUT2D eigenvalue weighted by molar-refractivity contribution is -0.119. The molecule has 0 bridgehead atoms. The zero-order chi connectivity index (χ0) is 35.5. The normalized spacial score (nSPS) is 17.0. The fourth-order valence-electron chi connectivity index (χ4n) is 6.66. The van der Waals surface area contributed by atoms with Crippen LogP contribution in [-0.2, 0) is 17.9 Å². The van der Waals surface area contributed by atoms with E-state index in [1.54, 1.807) is 24.6 Å². The minimum atomic E-state index is -2.26. The Morgan fingerprint density at radius 2 is 1.76 bits per heavy atom. The van der Waals surface area contributed by atoms with Crippen LogP contribution < -0.4 is 20.7 Å². The molecule has 2 saturated heterocycles. The minimum Gasteiger partial charge on any atom is -0.481 e. The van der Waals surface area contributed by atoms with Gasteiger partial charge in [-0.2, -0.15) is 0 Å². The molecule has 5 aromatic rings. The summed E-state index contributed by atoms with van der Waals surface area (Å²) in [5, 5.41) is 11.6. The molecular weight excluding hydrogens is 715 g/mol. The predicted molar refractivity (Wildman–Crippen MR) is 199 cm³/mol. The number of benzene rings is 2. The molecule has 2 aliphatic rings. The van der Waals surface area contributed by atoms with E-state index in [1.807, 2.05) is 54.6 Å². The average molecular weight is 753 g/mol. The number of carbonyl (C=O) groups excluding carboxylic acids is 1. The number of methoxy groups -OCH3 is 1. The Kier molecular flexibility index (Phi) is 11.0. The van der Waals surface area contributed by atoms with Crippen molar-refractivity contribution in [3.63, 3.8) is 0 Å². The number of hydrogen-bond donors (Lipinski definition) is 3. The van der Waals surface area contributed by atoms with Gasteiger partial charge in [-0.3, -0.25) is 9.69 Å². The third-order valence-corrected chi connectivity index (χ3v) is 11.3. The molecule has 2 aromatic carbocycles. The van der Waals surface area contributed by atoms with Gasteiger partial charge in [0.05, 0.1) is 39.8 Å². The molecule has 1 amide bonds. The highest BCUT2D eigenvalue weighted by Crippen LogP contribution is 2.42. The maximum atomic E-state index is 13.1. The summed E-state index contributed by atoms with van der Waals surface area (Å²) in [4.78, 5) is 28.0. The number of piperidine rings is 1. The van der Waals surface area contributed by atoms with E-state index < -0.39 is 12.3 Å². The number of likely N-dealkylation sites (tertiary alicyclic amines) is 1. The second-order valence-electron chi connectivity index (χ2n) is 12.8. The van der Waals surface area contributed by atoms with E-state index >= 15 is 0 Å². The molecule has 0 spiro atoms. The SMILES string of the molecule is COc1nc(-c2cccc(-c3cccc(Nc4nccc5sc(CN6CCC(C(F)F)CC6)nc45)c3Cl)c2Cl)ccc1CNC[C@@H]1CCC(=O)N1. The predicted octanol–water partition coefficient (Wildman–Crippen LogP) is 8.32. The van der Waals surface area contributed by atoms with Gasteiger partial charge in [0.15, 0.2) is 5.82 Å². The molecular formula is C37H37Cl2F2N7O2S. The van der Waals surface area contributed by atoms with Crippen LogP contribution in [0.4, 0.5) is 20.3 Å². The first-order valence-corrected chi connectivity index (χ1v) is 18.5. The summed E-state index contributed by atoms with van der Waals surface area (Å²) < 4.78 is 32.9. The Morgan fingerprint density at radius 1 is 1.00 bits per heavy atom. The molecule has 3 N–H and O–H groups in total. The van der Waals surface area contributed by atoms with Crippen LogP contribution in [0.2, 0.25) is 10.0 Å². The maximum absolute atomic E-state index is 13.1. The van der Waals surface area contributed by atoms with Crippen molar-refractivity contribution in [1.82, 2.24) is 30.5 Å². The van der Waals surface area contributed by atoms with Crippen molar-refractivity contribution in [2.75, 3.05) is 32.1 Å². The summed E-state index contributed by atoms with van der Waals surface area (Å²) in [6, 6.07) is 17.4. The number of halogens is 4. The molecule has 51 heavy (non-hydrogen) atoms. The second-order valence-corrected chi connectivity index (χ2v) is 14.7. The third-order valence-electron chi connectivity index (χ3n) is 9.44. The van der Waals surface area contributed by atoms with Gasteiger partial charge in [-0.1, -0.05) is 59.6 Å². The number of pyridine rings is 2. The van der Waals surface area contributed by atoms with Gasteiger partial charge in [-0.15, -0.1) is 11.3 Å². The number of alkyl halides is 2. The Hall–Kier alpha value is -3.94. The van der Waals surface area contributed by atoms with E-state index in [9.17, 15) is 13.6 Å². The van der Waals surface area contributed by atoms with Crippen molar-refractivity contribution in [1.29, 1.82) is 0 Å². The quantitative estimate of drug-likeness (QED) is 0.117. The molecule has 9 nitrogen and oxygen atoms in total. The number of carbonyl (C=O) groups is 1. The number of hydrogen-bond acceptors (Lipinski definition) is 9. The smallest absolute Gasteiger partial charge is 0.241 e. The largest absolute Gasteiger partial charge is 0.481 e. The summed E-state index contributed by atoms with van der Waals surface area (Å²) >= 11 is 15.7. The lowest BCUT2D eigenvalue weighted by atomic mass is 9.97. The van der Waals surface area contributed by atoms with Crippen molar-refractivity contribution < 1.29 is 18.3 Å². The van der Waals surface area contributed by atoms with Crippen molar-refractivity contribution in [2.45, 2.75) is 51.2 Å². The number of rotatable bonds is 12. The number of ether oxygens (including phenoxy) is 1. The molecule has 5 heterocycles. The molecule has 1 atom stereocenters. The van der Waals surface area contributed by atoms with E-state index in [0.717, 1.165) is 43.9 Å². The number of anilines is 2. The highest BCUT2D eigenvalue weighted by Gasteiger charge is 2.27.